The molecular weight excluding hydrogens is 262 g/mol. The molecule has 0 radical (unpaired) electrons. The number of aryl methyl sites for hydroxylation is 1. The Morgan fingerprint density at radius 2 is 1.84 bits per heavy atom. The smallest absolute Gasteiger partial charge is 0.310 e. The van der Waals surface area contributed by atoms with Gasteiger partial charge in [0.2, 0.25) is 0 Å². The Labute approximate surface area is 117 Å². The average Bonchev–Trinajstić information content (AvgIpc) is 2.41. The molecule has 4 heteroatoms. The fourth-order valence-electron chi connectivity index (χ4n) is 1.58. The van der Waals surface area contributed by atoms with Gasteiger partial charge in [0.1, 0.15) is 11.8 Å². The lowest BCUT2D eigenvalue weighted by Crippen LogP contribution is -2.08. The zero-order valence-corrected chi connectivity index (χ0v) is 11.4. The summed E-state index contributed by atoms with van der Waals surface area (Å²) in [4.78, 5) is 15.6. The molecule has 1 aromatic carbocycles. The summed E-state index contributed by atoms with van der Waals surface area (Å²) in [5.41, 5.74) is 2.94. The Morgan fingerprint density at radius 1 is 1.16 bits per heavy atom. The Hall–Kier alpha value is -1.87. The maximum absolute atomic E-state index is 11.7. The minimum atomic E-state index is -0.251. The van der Waals surface area contributed by atoms with E-state index < -0.39 is 0 Å². The van der Waals surface area contributed by atoms with Crippen molar-refractivity contribution < 1.29 is 9.53 Å². The molecule has 1 heterocycles. The molecule has 0 aliphatic carbocycles. The van der Waals surface area contributed by atoms with Crippen LogP contribution in [0.15, 0.2) is 42.6 Å². The number of ether oxygens (including phenoxy) is 1. The summed E-state index contributed by atoms with van der Waals surface area (Å²) in [7, 11) is 0. The summed E-state index contributed by atoms with van der Waals surface area (Å²) in [5.74, 6) is -0.251. The highest BCUT2D eigenvalue weighted by atomic mass is 35.5. The Bertz CT molecular complexity index is 549. The van der Waals surface area contributed by atoms with Crippen LogP contribution in [0.1, 0.15) is 16.7 Å². The van der Waals surface area contributed by atoms with Gasteiger partial charge in [0.15, 0.2) is 0 Å². The number of hydrogen-bond donors (Lipinski definition) is 0. The number of rotatable bonds is 4. The van der Waals surface area contributed by atoms with Crippen LogP contribution >= 0.6 is 11.6 Å². The highest BCUT2D eigenvalue weighted by Crippen LogP contribution is 2.08. The third-order valence-corrected chi connectivity index (χ3v) is 2.88. The minimum absolute atomic E-state index is 0.217. The van der Waals surface area contributed by atoms with E-state index in [0.29, 0.717) is 5.15 Å². The second kappa shape index (κ2) is 6.34. The molecule has 0 bridgehead atoms. The maximum atomic E-state index is 11.7. The molecule has 3 nitrogen and oxygen atoms in total. The van der Waals surface area contributed by atoms with Gasteiger partial charge in [-0.05, 0) is 18.6 Å². The van der Waals surface area contributed by atoms with E-state index in [0.717, 1.165) is 11.1 Å². The Kier molecular flexibility index (Phi) is 4.53. The monoisotopic (exact) mass is 275 g/mol. The predicted molar refractivity (Wildman–Crippen MR) is 73.9 cm³/mol. The maximum Gasteiger partial charge on any atom is 0.310 e. The normalized spacial score (nSPS) is 10.2. The number of carbonyl (C=O) groups excluding carboxylic acids is 1. The first-order chi connectivity index (χ1) is 9.13. The second-order valence-electron chi connectivity index (χ2n) is 4.31. The van der Waals surface area contributed by atoms with Crippen LogP contribution in [0.5, 0.6) is 0 Å². The van der Waals surface area contributed by atoms with Gasteiger partial charge in [-0.3, -0.25) is 4.79 Å². The number of halogens is 1. The molecule has 98 valence electrons. The van der Waals surface area contributed by atoms with Gasteiger partial charge in [-0.2, -0.15) is 0 Å². The number of nitrogens with zero attached hydrogens (tertiary/aromatic N) is 1. The molecule has 0 aliphatic rings. The van der Waals surface area contributed by atoms with Crippen LogP contribution in [-0.4, -0.2) is 11.0 Å². The van der Waals surface area contributed by atoms with Crippen LogP contribution in [0.3, 0.4) is 0 Å². The van der Waals surface area contributed by atoms with Crippen LogP contribution < -0.4 is 0 Å². The lowest BCUT2D eigenvalue weighted by Gasteiger charge is -2.05. The lowest BCUT2D eigenvalue weighted by atomic mass is 10.1. The van der Waals surface area contributed by atoms with Crippen LogP contribution in [0, 0.1) is 6.92 Å². The van der Waals surface area contributed by atoms with E-state index in [1.807, 2.05) is 31.2 Å². The Morgan fingerprint density at radius 3 is 2.47 bits per heavy atom. The molecule has 0 saturated heterocycles. The van der Waals surface area contributed by atoms with Gasteiger partial charge in [-0.15, -0.1) is 0 Å². The fraction of sp³-hybridized carbons (Fsp3) is 0.200. The number of pyridine rings is 1. The first-order valence-corrected chi connectivity index (χ1v) is 6.33. The molecule has 2 rings (SSSR count). The van der Waals surface area contributed by atoms with E-state index in [4.69, 9.17) is 16.3 Å². The van der Waals surface area contributed by atoms with Gasteiger partial charge in [-0.25, -0.2) is 4.98 Å². The van der Waals surface area contributed by atoms with Crippen molar-refractivity contribution in [2.45, 2.75) is 20.0 Å². The summed E-state index contributed by atoms with van der Waals surface area (Å²) >= 11 is 5.68. The van der Waals surface area contributed by atoms with Crippen molar-refractivity contribution in [2.24, 2.45) is 0 Å². The van der Waals surface area contributed by atoms with Gasteiger partial charge in [0.25, 0.3) is 0 Å². The van der Waals surface area contributed by atoms with E-state index in [1.54, 1.807) is 18.3 Å². The number of aromatic nitrogens is 1. The third-order valence-electron chi connectivity index (χ3n) is 2.66. The van der Waals surface area contributed by atoms with Crippen LogP contribution in [0.25, 0.3) is 0 Å². The summed E-state index contributed by atoms with van der Waals surface area (Å²) in [6.45, 7) is 2.23. The molecule has 0 spiro atoms. The van der Waals surface area contributed by atoms with Crippen LogP contribution in [0.4, 0.5) is 0 Å². The molecule has 0 aliphatic heterocycles. The van der Waals surface area contributed by atoms with Crippen molar-refractivity contribution in [2.75, 3.05) is 0 Å². The van der Waals surface area contributed by atoms with Gasteiger partial charge >= 0.3 is 5.97 Å². The summed E-state index contributed by atoms with van der Waals surface area (Å²) in [6.07, 6.45) is 1.88. The molecule has 2 aromatic rings. The lowest BCUT2D eigenvalue weighted by molar-refractivity contribution is -0.144. The fourth-order valence-corrected chi connectivity index (χ4v) is 1.69. The highest BCUT2D eigenvalue weighted by molar-refractivity contribution is 6.29. The molecule has 19 heavy (non-hydrogen) atoms. The van der Waals surface area contributed by atoms with Crippen molar-refractivity contribution in [3.8, 4) is 0 Å². The third kappa shape index (κ3) is 4.38. The molecule has 0 saturated carbocycles. The number of esters is 1. The summed E-state index contributed by atoms with van der Waals surface area (Å²) in [5, 5.41) is 0.426. The number of hydrogen-bond acceptors (Lipinski definition) is 3. The van der Waals surface area contributed by atoms with E-state index >= 15 is 0 Å². The summed E-state index contributed by atoms with van der Waals surface area (Å²) < 4.78 is 5.18. The molecule has 0 N–H and O–H groups in total. The number of benzene rings is 1. The standard InChI is InChI=1S/C15H14ClNO2/c1-11-2-4-12(5-3-11)8-15(18)19-10-13-6-7-14(16)17-9-13/h2-7,9H,8,10H2,1H3. The first kappa shape index (κ1) is 13.6. The van der Waals surface area contributed by atoms with Crippen molar-refractivity contribution in [1.82, 2.24) is 4.98 Å². The summed E-state index contributed by atoms with van der Waals surface area (Å²) in [6, 6.07) is 11.3. The van der Waals surface area contributed by atoms with Crippen molar-refractivity contribution in [1.29, 1.82) is 0 Å². The van der Waals surface area contributed by atoms with E-state index in [2.05, 4.69) is 4.98 Å². The van der Waals surface area contributed by atoms with Crippen molar-refractivity contribution in [3.05, 3.63) is 64.4 Å². The molecule has 0 fully saturated rings. The van der Waals surface area contributed by atoms with Crippen LogP contribution in [0.2, 0.25) is 5.15 Å². The molecule has 0 amide bonds. The quantitative estimate of drug-likeness (QED) is 0.635. The van der Waals surface area contributed by atoms with E-state index in [1.165, 1.54) is 5.56 Å². The minimum Gasteiger partial charge on any atom is -0.460 e. The second-order valence-corrected chi connectivity index (χ2v) is 4.70. The predicted octanol–water partition coefficient (Wildman–Crippen LogP) is 3.33. The van der Waals surface area contributed by atoms with Gasteiger partial charge < -0.3 is 4.74 Å². The zero-order valence-electron chi connectivity index (χ0n) is 10.6. The van der Waals surface area contributed by atoms with Crippen LogP contribution in [-0.2, 0) is 22.6 Å². The average molecular weight is 276 g/mol. The Balaban J connectivity index is 1.84. The topological polar surface area (TPSA) is 39.2 Å². The SMILES string of the molecule is Cc1ccc(CC(=O)OCc2ccc(Cl)nc2)cc1. The van der Waals surface area contributed by atoms with E-state index in [9.17, 15) is 4.79 Å². The molecule has 0 unspecified atom stereocenters. The highest BCUT2D eigenvalue weighted by Gasteiger charge is 2.05. The molecule has 0 atom stereocenters. The first-order valence-electron chi connectivity index (χ1n) is 5.95. The van der Waals surface area contributed by atoms with Gasteiger partial charge in [0.05, 0.1) is 6.42 Å². The number of carbonyl (C=O) groups is 1. The zero-order chi connectivity index (χ0) is 13.7. The van der Waals surface area contributed by atoms with Crippen molar-refractivity contribution >= 4 is 17.6 Å². The van der Waals surface area contributed by atoms with Gasteiger partial charge in [0, 0.05) is 11.8 Å². The van der Waals surface area contributed by atoms with E-state index in [-0.39, 0.29) is 19.0 Å². The molecule has 1 aromatic heterocycles. The van der Waals surface area contributed by atoms with Crippen molar-refractivity contribution in [3.63, 3.8) is 0 Å². The largest absolute Gasteiger partial charge is 0.460 e. The van der Waals surface area contributed by atoms with Gasteiger partial charge in [-0.1, -0.05) is 47.5 Å². The molecular formula is C15H14ClNO2.